The highest BCUT2D eigenvalue weighted by Gasteiger charge is 2.27. The Balaban J connectivity index is 3.09. The summed E-state index contributed by atoms with van der Waals surface area (Å²) in [6.07, 6.45) is 4.77. The van der Waals surface area contributed by atoms with Crippen LogP contribution in [0.2, 0.25) is 0 Å². The van der Waals surface area contributed by atoms with Gasteiger partial charge in [0.15, 0.2) is 0 Å². The van der Waals surface area contributed by atoms with Gasteiger partial charge in [-0.1, -0.05) is 12.2 Å². The molecule has 0 amide bonds. The SMILES string of the molecule is C/C=C/CCNCCSC(F)(F)F. The van der Waals surface area contributed by atoms with Crippen LogP contribution in [0.1, 0.15) is 13.3 Å². The molecule has 0 saturated heterocycles. The lowest BCUT2D eigenvalue weighted by Crippen LogP contribution is -2.19. The third-order valence-electron chi connectivity index (χ3n) is 1.27. The molecule has 0 saturated carbocycles. The molecule has 1 nitrogen and oxygen atoms in total. The van der Waals surface area contributed by atoms with Crippen LogP contribution in [0.3, 0.4) is 0 Å². The van der Waals surface area contributed by atoms with Crippen molar-refractivity contribution in [2.45, 2.75) is 18.9 Å². The normalized spacial score (nSPS) is 12.6. The van der Waals surface area contributed by atoms with E-state index < -0.39 is 5.51 Å². The molecule has 0 spiro atoms. The van der Waals surface area contributed by atoms with E-state index in [-0.39, 0.29) is 17.5 Å². The zero-order valence-electron chi connectivity index (χ0n) is 7.53. The fourth-order valence-electron chi connectivity index (χ4n) is 0.716. The fourth-order valence-corrected chi connectivity index (χ4v) is 1.19. The van der Waals surface area contributed by atoms with E-state index in [1.807, 2.05) is 19.1 Å². The number of hydrogen-bond donors (Lipinski definition) is 1. The number of allylic oxidation sites excluding steroid dienone is 1. The summed E-state index contributed by atoms with van der Waals surface area (Å²) in [4.78, 5) is 0. The first-order chi connectivity index (χ1) is 6.06. The predicted octanol–water partition coefficient (Wildman–Crippen LogP) is 2.80. The summed E-state index contributed by atoms with van der Waals surface area (Å²) in [7, 11) is 0. The zero-order valence-corrected chi connectivity index (χ0v) is 8.34. The van der Waals surface area contributed by atoms with Crippen LogP contribution < -0.4 is 5.32 Å². The predicted molar refractivity (Wildman–Crippen MR) is 50.8 cm³/mol. The topological polar surface area (TPSA) is 12.0 Å². The van der Waals surface area contributed by atoms with Crippen LogP contribution in [-0.2, 0) is 0 Å². The number of thioether (sulfide) groups is 1. The first-order valence-electron chi connectivity index (χ1n) is 4.09. The van der Waals surface area contributed by atoms with Gasteiger partial charge in [0.1, 0.15) is 0 Å². The van der Waals surface area contributed by atoms with Gasteiger partial charge in [0.25, 0.3) is 0 Å². The summed E-state index contributed by atoms with van der Waals surface area (Å²) < 4.78 is 34.8. The van der Waals surface area contributed by atoms with Crippen molar-refractivity contribution >= 4 is 11.8 Å². The number of rotatable bonds is 6. The second kappa shape index (κ2) is 7.26. The summed E-state index contributed by atoms with van der Waals surface area (Å²) >= 11 is 0.0168. The van der Waals surface area contributed by atoms with Gasteiger partial charge < -0.3 is 5.32 Å². The zero-order chi connectivity index (χ0) is 10.2. The number of alkyl halides is 3. The number of hydrogen-bond acceptors (Lipinski definition) is 2. The Bertz CT molecular complexity index is 145. The third kappa shape index (κ3) is 11.8. The summed E-state index contributed by atoms with van der Waals surface area (Å²) in [5.74, 6) is 0.0827. The van der Waals surface area contributed by atoms with Crippen molar-refractivity contribution in [1.29, 1.82) is 0 Å². The molecule has 1 N–H and O–H groups in total. The Labute approximate surface area is 80.8 Å². The van der Waals surface area contributed by atoms with Gasteiger partial charge in [0.05, 0.1) is 0 Å². The average Bonchev–Trinajstić information content (AvgIpc) is 2.01. The highest BCUT2D eigenvalue weighted by molar-refractivity contribution is 8.00. The molecular weight excluding hydrogens is 199 g/mol. The summed E-state index contributed by atoms with van der Waals surface area (Å²) in [5.41, 5.74) is -4.09. The Morgan fingerprint density at radius 2 is 2.00 bits per heavy atom. The maximum Gasteiger partial charge on any atom is 0.441 e. The first kappa shape index (κ1) is 12.8. The van der Waals surface area contributed by atoms with Gasteiger partial charge >= 0.3 is 5.51 Å². The molecule has 0 aromatic rings. The molecule has 0 atom stereocenters. The Hall–Kier alpha value is -0.160. The molecule has 78 valence electrons. The molecule has 0 aromatic carbocycles. The van der Waals surface area contributed by atoms with Crippen molar-refractivity contribution in [1.82, 2.24) is 5.32 Å². The third-order valence-corrected chi connectivity index (χ3v) is 2.00. The summed E-state index contributed by atoms with van der Waals surface area (Å²) in [5, 5.41) is 2.92. The molecule has 0 unspecified atom stereocenters. The number of nitrogens with one attached hydrogen (secondary N) is 1. The molecule has 0 heterocycles. The smallest absolute Gasteiger partial charge is 0.316 e. The van der Waals surface area contributed by atoms with Crippen molar-refractivity contribution in [3.8, 4) is 0 Å². The Morgan fingerprint density at radius 3 is 2.54 bits per heavy atom. The van der Waals surface area contributed by atoms with Crippen LogP contribution in [0.4, 0.5) is 13.2 Å². The standard InChI is InChI=1S/C8H14F3NS/c1-2-3-4-5-12-6-7-13-8(9,10)11/h2-3,12H,4-7H2,1H3/b3-2+. The van der Waals surface area contributed by atoms with Crippen LogP contribution >= 0.6 is 11.8 Å². The van der Waals surface area contributed by atoms with E-state index in [0.717, 1.165) is 13.0 Å². The number of halogens is 3. The maximum absolute atomic E-state index is 11.6. The molecule has 0 aliphatic heterocycles. The monoisotopic (exact) mass is 213 g/mol. The van der Waals surface area contributed by atoms with Gasteiger partial charge in [-0.25, -0.2) is 0 Å². The second-order valence-corrected chi connectivity index (χ2v) is 3.56. The minimum absolute atomic E-state index is 0.0168. The minimum Gasteiger partial charge on any atom is -0.316 e. The fraction of sp³-hybridized carbons (Fsp3) is 0.750. The first-order valence-corrected chi connectivity index (χ1v) is 5.07. The van der Waals surface area contributed by atoms with Crippen LogP contribution in [0, 0.1) is 0 Å². The lowest BCUT2D eigenvalue weighted by molar-refractivity contribution is -0.0327. The van der Waals surface area contributed by atoms with Gasteiger partial charge in [-0.05, 0) is 31.7 Å². The van der Waals surface area contributed by atoms with Crippen molar-refractivity contribution in [3.05, 3.63) is 12.2 Å². The maximum atomic E-state index is 11.6. The van der Waals surface area contributed by atoms with Crippen LogP contribution in [0.15, 0.2) is 12.2 Å². The largest absolute Gasteiger partial charge is 0.441 e. The quantitative estimate of drug-likeness (QED) is 0.538. The molecule has 0 aliphatic carbocycles. The second-order valence-electron chi connectivity index (χ2n) is 2.40. The Morgan fingerprint density at radius 1 is 1.31 bits per heavy atom. The molecule has 0 radical (unpaired) electrons. The molecule has 13 heavy (non-hydrogen) atoms. The minimum atomic E-state index is -4.09. The molecule has 0 fully saturated rings. The van der Waals surface area contributed by atoms with Crippen molar-refractivity contribution in [2.75, 3.05) is 18.8 Å². The highest BCUT2D eigenvalue weighted by atomic mass is 32.2. The molecule has 0 rings (SSSR count). The van der Waals surface area contributed by atoms with E-state index in [9.17, 15) is 13.2 Å². The van der Waals surface area contributed by atoms with Crippen LogP contribution in [0.25, 0.3) is 0 Å². The molecule has 0 aromatic heterocycles. The lowest BCUT2D eigenvalue weighted by Gasteiger charge is -2.05. The van der Waals surface area contributed by atoms with E-state index in [1.54, 1.807) is 0 Å². The van der Waals surface area contributed by atoms with Crippen molar-refractivity contribution in [2.24, 2.45) is 0 Å². The van der Waals surface area contributed by atoms with Gasteiger partial charge in [0.2, 0.25) is 0 Å². The van der Waals surface area contributed by atoms with Crippen LogP contribution in [0.5, 0.6) is 0 Å². The lowest BCUT2D eigenvalue weighted by atomic mass is 10.4. The molecule has 5 heteroatoms. The van der Waals surface area contributed by atoms with Gasteiger partial charge in [0, 0.05) is 12.3 Å². The van der Waals surface area contributed by atoms with Crippen molar-refractivity contribution < 1.29 is 13.2 Å². The van der Waals surface area contributed by atoms with Gasteiger partial charge in [-0.15, -0.1) is 0 Å². The Kier molecular flexibility index (Phi) is 7.17. The highest BCUT2D eigenvalue weighted by Crippen LogP contribution is 2.29. The van der Waals surface area contributed by atoms with E-state index in [2.05, 4.69) is 5.32 Å². The molecule has 0 bridgehead atoms. The summed E-state index contributed by atoms with van der Waals surface area (Å²) in [6, 6.07) is 0. The summed E-state index contributed by atoms with van der Waals surface area (Å²) in [6.45, 7) is 3.06. The van der Waals surface area contributed by atoms with E-state index in [1.165, 1.54) is 0 Å². The van der Waals surface area contributed by atoms with Crippen LogP contribution in [-0.4, -0.2) is 24.4 Å². The molecular formula is C8H14F3NS. The van der Waals surface area contributed by atoms with Gasteiger partial charge in [-0.3, -0.25) is 0 Å². The van der Waals surface area contributed by atoms with Crippen molar-refractivity contribution in [3.63, 3.8) is 0 Å². The van der Waals surface area contributed by atoms with E-state index >= 15 is 0 Å². The average molecular weight is 213 g/mol. The van der Waals surface area contributed by atoms with E-state index in [0.29, 0.717) is 6.54 Å². The van der Waals surface area contributed by atoms with E-state index in [4.69, 9.17) is 0 Å². The van der Waals surface area contributed by atoms with Gasteiger partial charge in [-0.2, -0.15) is 13.2 Å². The molecule has 0 aliphatic rings.